The van der Waals surface area contributed by atoms with E-state index in [1.807, 2.05) is 6.08 Å². The van der Waals surface area contributed by atoms with E-state index in [0.29, 0.717) is 37.3 Å². The van der Waals surface area contributed by atoms with Gasteiger partial charge >= 0.3 is 12.0 Å². The number of hydrogen-bond acceptors (Lipinski definition) is 5. The number of nitrogens with one attached hydrogen (secondary N) is 2. The lowest BCUT2D eigenvalue weighted by Gasteiger charge is -2.34. The fourth-order valence-electron chi connectivity index (χ4n) is 3.67. The molecule has 152 valence electrons. The molecule has 0 bridgehead atoms. The Balaban J connectivity index is 2.22. The molecule has 2 heterocycles. The number of fused-ring (bicyclic) bond motifs is 1. The van der Waals surface area contributed by atoms with Gasteiger partial charge in [0.15, 0.2) is 6.04 Å². The van der Waals surface area contributed by atoms with E-state index in [2.05, 4.69) is 11.4 Å². The van der Waals surface area contributed by atoms with Crippen molar-refractivity contribution in [3.05, 3.63) is 12.2 Å². The molecule has 1 fully saturated rings. The van der Waals surface area contributed by atoms with Gasteiger partial charge in [0.2, 0.25) is 0 Å². The maximum Gasteiger partial charge on any atom is 0.417 e. The summed E-state index contributed by atoms with van der Waals surface area (Å²) in [5.74, 6) is -0.887. The monoisotopic (exact) mass is 382 g/mol. The van der Waals surface area contributed by atoms with Crippen molar-refractivity contribution in [1.29, 1.82) is 0 Å². The SMILES string of the molecule is COC(=O)[C@H]1CCC=CCCCCN(C)C(=O)[NH+]2CC[C@@H](O)CC2C(=O)N1. The van der Waals surface area contributed by atoms with Gasteiger partial charge in [0.1, 0.15) is 6.04 Å². The van der Waals surface area contributed by atoms with Gasteiger partial charge in [-0.2, -0.15) is 0 Å². The van der Waals surface area contributed by atoms with E-state index >= 15 is 0 Å². The zero-order chi connectivity index (χ0) is 19.8. The van der Waals surface area contributed by atoms with E-state index in [9.17, 15) is 19.5 Å². The lowest BCUT2D eigenvalue weighted by atomic mass is 9.98. The molecule has 1 saturated heterocycles. The normalized spacial score (nSPS) is 31.3. The quantitative estimate of drug-likeness (QED) is 0.424. The number of nitrogens with zero attached hydrogens (tertiary/aromatic N) is 1. The molecule has 2 aliphatic rings. The molecule has 0 aliphatic carbocycles. The van der Waals surface area contributed by atoms with Gasteiger partial charge in [-0.15, -0.1) is 0 Å². The molecule has 2 rings (SSSR count). The molecule has 3 amide bonds. The third-order valence-corrected chi connectivity index (χ3v) is 5.32. The second-order valence-corrected chi connectivity index (χ2v) is 7.36. The molecule has 8 nitrogen and oxygen atoms in total. The number of allylic oxidation sites excluding steroid dienone is 2. The highest BCUT2D eigenvalue weighted by Gasteiger charge is 2.42. The summed E-state index contributed by atoms with van der Waals surface area (Å²) in [6.45, 7) is 1.03. The smallest absolute Gasteiger partial charge is 0.417 e. The fourth-order valence-corrected chi connectivity index (χ4v) is 3.67. The van der Waals surface area contributed by atoms with Crippen LogP contribution in [0.3, 0.4) is 0 Å². The highest BCUT2D eigenvalue weighted by Crippen LogP contribution is 2.09. The number of piperidine rings is 1. The van der Waals surface area contributed by atoms with Crippen LogP contribution in [0.25, 0.3) is 0 Å². The Morgan fingerprint density at radius 3 is 2.74 bits per heavy atom. The van der Waals surface area contributed by atoms with Crippen LogP contribution in [0.4, 0.5) is 4.79 Å². The van der Waals surface area contributed by atoms with Crippen molar-refractivity contribution in [3.63, 3.8) is 0 Å². The van der Waals surface area contributed by atoms with Crippen molar-refractivity contribution >= 4 is 17.9 Å². The van der Waals surface area contributed by atoms with Crippen LogP contribution in [0.5, 0.6) is 0 Å². The minimum Gasteiger partial charge on any atom is -0.467 e. The van der Waals surface area contributed by atoms with Gasteiger partial charge in [-0.1, -0.05) is 12.2 Å². The van der Waals surface area contributed by atoms with Crippen molar-refractivity contribution in [2.45, 2.75) is 63.1 Å². The van der Waals surface area contributed by atoms with Gasteiger partial charge in [0.05, 0.1) is 19.8 Å². The number of quaternary nitrogens is 1. The van der Waals surface area contributed by atoms with Crippen molar-refractivity contribution in [2.24, 2.45) is 0 Å². The highest BCUT2D eigenvalue weighted by atomic mass is 16.5. The van der Waals surface area contributed by atoms with Crippen molar-refractivity contribution < 1.29 is 29.1 Å². The number of rotatable bonds is 1. The van der Waals surface area contributed by atoms with E-state index in [0.717, 1.165) is 19.3 Å². The summed E-state index contributed by atoms with van der Waals surface area (Å²) in [6, 6.07) is -1.61. The Morgan fingerprint density at radius 1 is 1.26 bits per heavy atom. The Bertz CT molecular complexity index is 566. The predicted octanol–water partition coefficient (Wildman–Crippen LogP) is -0.375. The molecular formula is C19H32N3O5+. The third-order valence-electron chi connectivity index (χ3n) is 5.32. The van der Waals surface area contributed by atoms with E-state index < -0.39 is 24.2 Å². The van der Waals surface area contributed by atoms with Crippen LogP contribution in [0.1, 0.15) is 44.9 Å². The molecule has 0 spiro atoms. The lowest BCUT2D eigenvalue weighted by molar-refractivity contribution is -0.844. The van der Waals surface area contributed by atoms with Crippen LogP contribution >= 0.6 is 0 Å². The van der Waals surface area contributed by atoms with Crippen LogP contribution in [0.2, 0.25) is 0 Å². The standard InChI is InChI=1S/C19H31N3O5/c1-21-11-8-6-4-3-5-7-9-15(18(25)27-2)20-17(24)16-13-14(23)10-12-22(16)19(21)26/h3,5,14-16,23H,4,6-13H2,1-2H3,(H,20,24)/p+1/t14-,15-,16?/m1/s1. The molecule has 2 aliphatic heterocycles. The number of hydrogen-bond donors (Lipinski definition) is 3. The van der Waals surface area contributed by atoms with E-state index in [1.165, 1.54) is 7.11 Å². The summed E-state index contributed by atoms with van der Waals surface area (Å²) in [5, 5.41) is 12.8. The summed E-state index contributed by atoms with van der Waals surface area (Å²) < 4.78 is 4.81. The van der Waals surface area contributed by atoms with Gasteiger partial charge < -0.3 is 15.2 Å². The minimum atomic E-state index is -0.759. The number of esters is 1. The lowest BCUT2D eigenvalue weighted by Crippen LogP contribution is -3.21. The van der Waals surface area contributed by atoms with Crippen molar-refractivity contribution in [2.75, 3.05) is 27.2 Å². The third kappa shape index (κ3) is 6.04. The Morgan fingerprint density at radius 2 is 2.00 bits per heavy atom. The summed E-state index contributed by atoms with van der Waals surface area (Å²) in [7, 11) is 3.04. The van der Waals surface area contributed by atoms with Crippen LogP contribution in [-0.4, -0.2) is 73.3 Å². The van der Waals surface area contributed by atoms with Crippen LogP contribution in [0.15, 0.2) is 12.2 Å². The van der Waals surface area contributed by atoms with Crippen molar-refractivity contribution in [3.8, 4) is 0 Å². The number of carbonyl (C=O) groups excluding carboxylic acids is 3. The Kier molecular flexibility index (Phi) is 8.24. The molecule has 0 aromatic carbocycles. The summed E-state index contributed by atoms with van der Waals surface area (Å²) in [4.78, 5) is 40.0. The first-order valence-corrected chi connectivity index (χ1v) is 9.76. The number of carbonyl (C=O) groups is 3. The second kappa shape index (κ2) is 10.4. The summed E-state index contributed by atoms with van der Waals surface area (Å²) in [6.07, 6.45) is 8.02. The number of ether oxygens (including phenoxy) is 1. The summed E-state index contributed by atoms with van der Waals surface area (Å²) >= 11 is 0. The average molecular weight is 382 g/mol. The van der Waals surface area contributed by atoms with Crippen LogP contribution in [0, 0.1) is 0 Å². The zero-order valence-corrected chi connectivity index (χ0v) is 16.3. The van der Waals surface area contributed by atoms with E-state index in [1.54, 1.807) is 11.9 Å². The molecule has 4 atom stereocenters. The number of methoxy groups -OCH3 is 1. The molecular weight excluding hydrogens is 350 g/mol. The van der Waals surface area contributed by atoms with E-state index in [-0.39, 0.29) is 18.4 Å². The first-order valence-electron chi connectivity index (χ1n) is 9.76. The maximum atomic E-state index is 12.9. The zero-order valence-electron chi connectivity index (χ0n) is 16.3. The maximum absolute atomic E-state index is 12.9. The number of aliphatic hydroxyl groups excluding tert-OH is 1. The molecule has 0 aromatic rings. The van der Waals surface area contributed by atoms with E-state index in [4.69, 9.17) is 4.74 Å². The Labute approximate surface area is 160 Å². The minimum absolute atomic E-state index is 0.137. The van der Waals surface area contributed by atoms with Gasteiger partial charge in [-0.3, -0.25) is 9.69 Å². The van der Waals surface area contributed by atoms with Crippen molar-refractivity contribution in [1.82, 2.24) is 10.2 Å². The number of aliphatic hydroxyl groups is 1. The summed E-state index contributed by atoms with van der Waals surface area (Å²) in [5.41, 5.74) is 0. The molecule has 3 N–H and O–H groups in total. The fraction of sp³-hybridized carbons (Fsp3) is 0.737. The van der Waals surface area contributed by atoms with Gasteiger partial charge in [0, 0.05) is 26.4 Å². The number of amides is 3. The first-order chi connectivity index (χ1) is 12.9. The second-order valence-electron chi connectivity index (χ2n) is 7.36. The average Bonchev–Trinajstić information content (AvgIpc) is 2.67. The number of urea groups is 1. The van der Waals surface area contributed by atoms with Crippen LogP contribution < -0.4 is 10.2 Å². The van der Waals surface area contributed by atoms with Gasteiger partial charge in [-0.05, 0) is 32.1 Å². The first kappa shape index (κ1) is 21.4. The largest absolute Gasteiger partial charge is 0.467 e. The van der Waals surface area contributed by atoms with Gasteiger partial charge in [0.25, 0.3) is 5.91 Å². The molecule has 0 saturated carbocycles. The molecule has 27 heavy (non-hydrogen) atoms. The van der Waals surface area contributed by atoms with Gasteiger partial charge in [-0.25, -0.2) is 14.5 Å². The molecule has 0 radical (unpaired) electrons. The topological polar surface area (TPSA) is 100 Å². The molecule has 0 aromatic heterocycles. The Hall–Kier alpha value is -1.93. The molecule has 2 unspecified atom stereocenters. The molecule has 8 heteroatoms. The predicted molar refractivity (Wildman–Crippen MR) is 99.1 cm³/mol. The van der Waals surface area contributed by atoms with Crippen LogP contribution in [-0.2, 0) is 14.3 Å². The highest BCUT2D eigenvalue weighted by molar-refractivity contribution is 5.87.